The van der Waals surface area contributed by atoms with Crippen LogP contribution >= 0.6 is 24.0 Å². The highest BCUT2D eigenvalue weighted by molar-refractivity contribution is 7.98. The maximum Gasteiger partial charge on any atom is 0.262 e. The lowest BCUT2D eigenvalue weighted by molar-refractivity contribution is 0.102. The van der Waals surface area contributed by atoms with Crippen LogP contribution in [0.25, 0.3) is 10.9 Å². The predicted molar refractivity (Wildman–Crippen MR) is 110 cm³/mol. The van der Waals surface area contributed by atoms with Crippen LogP contribution in [0.3, 0.4) is 0 Å². The molecule has 0 saturated heterocycles. The number of H-pyrrole nitrogens is 1. The summed E-state index contributed by atoms with van der Waals surface area (Å²) in [5.74, 6) is -0.251. The number of hydrogen-bond donors (Lipinski definition) is 2. The van der Waals surface area contributed by atoms with Gasteiger partial charge in [-0.25, -0.2) is 0 Å². The number of fused-ring (bicyclic) bond motifs is 1. The van der Waals surface area contributed by atoms with Gasteiger partial charge in [-0.2, -0.15) is 0 Å². The van der Waals surface area contributed by atoms with E-state index >= 15 is 0 Å². The Morgan fingerprint density at radius 3 is 2.69 bits per heavy atom. The fourth-order valence-corrected chi connectivity index (χ4v) is 3.24. The van der Waals surface area contributed by atoms with Gasteiger partial charge in [-0.1, -0.05) is 6.08 Å². The van der Waals surface area contributed by atoms with Crippen molar-refractivity contribution in [2.75, 3.05) is 11.6 Å². The molecule has 0 aliphatic carbocycles. The Balaban J connectivity index is 1.94. The lowest BCUT2D eigenvalue weighted by atomic mass is 10.1. The maximum absolute atomic E-state index is 12.5. The average Bonchev–Trinajstić information content (AvgIpc) is 2.65. The van der Waals surface area contributed by atoms with E-state index in [1.165, 1.54) is 4.57 Å². The highest BCUT2D eigenvalue weighted by Gasteiger charge is 2.10. The molecule has 26 heavy (non-hydrogen) atoms. The standard InChI is InChI=1S/C19H17N3O2S2/c1-3-10-22-18(24)15-9-4-12(11-16(15)21-19(22)25)17(23)20-13-5-7-14(26-2)8-6-13/h3-9,11H,1,10H2,2H3,(H,20,23)(H,21,25). The molecule has 0 unspecified atom stereocenters. The van der Waals surface area contributed by atoms with E-state index in [4.69, 9.17) is 12.2 Å². The number of amides is 1. The van der Waals surface area contributed by atoms with Gasteiger partial charge in [0.25, 0.3) is 11.5 Å². The third-order valence-corrected chi connectivity index (χ3v) is 4.97. The van der Waals surface area contributed by atoms with E-state index in [1.807, 2.05) is 30.5 Å². The summed E-state index contributed by atoms with van der Waals surface area (Å²) in [5, 5.41) is 3.32. The van der Waals surface area contributed by atoms with Crippen LogP contribution in [0.5, 0.6) is 0 Å². The van der Waals surface area contributed by atoms with Crippen molar-refractivity contribution >= 4 is 46.5 Å². The van der Waals surface area contributed by atoms with E-state index in [2.05, 4.69) is 16.9 Å². The molecule has 3 aromatic rings. The predicted octanol–water partition coefficient (Wildman–Crippen LogP) is 4.22. The molecule has 0 aliphatic rings. The van der Waals surface area contributed by atoms with Gasteiger partial charge in [0.1, 0.15) is 0 Å². The number of nitrogens with zero attached hydrogens (tertiary/aromatic N) is 1. The third kappa shape index (κ3) is 3.63. The van der Waals surface area contributed by atoms with E-state index in [9.17, 15) is 9.59 Å². The van der Waals surface area contributed by atoms with Crippen LogP contribution in [0.4, 0.5) is 5.69 Å². The minimum absolute atomic E-state index is 0.205. The summed E-state index contributed by atoms with van der Waals surface area (Å²) in [5.41, 5.74) is 1.48. The number of aromatic nitrogens is 2. The van der Waals surface area contributed by atoms with Crippen molar-refractivity contribution in [1.82, 2.24) is 9.55 Å². The average molecular weight is 383 g/mol. The molecule has 7 heteroatoms. The number of benzene rings is 2. The summed E-state index contributed by atoms with van der Waals surface area (Å²) < 4.78 is 1.73. The van der Waals surface area contributed by atoms with Gasteiger partial charge in [-0.05, 0) is 60.9 Å². The van der Waals surface area contributed by atoms with E-state index in [0.29, 0.717) is 33.5 Å². The number of aromatic amines is 1. The van der Waals surface area contributed by atoms with Gasteiger partial charge in [-0.3, -0.25) is 14.2 Å². The van der Waals surface area contributed by atoms with Gasteiger partial charge in [0.05, 0.1) is 10.9 Å². The molecule has 1 heterocycles. The summed E-state index contributed by atoms with van der Waals surface area (Å²) in [7, 11) is 0. The number of rotatable bonds is 5. The molecular weight excluding hydrogens is 366 g/mol. The Labute approximate surface area is 159 Å². The van der Waals surface area contributed by atoms with Crippen LogP contribution in [0, 0.1) is 4.77 Å². The van der Waals surface area contributed by atoms with Crippen LogP contribution in [-0.2, 0) is 6.54 Å². The fourth-order valence-electron chi connectivity index (χ4n) is 2.57. The first kappa shape index (κ1) is 18.2. The first-order valence-corrected chi connectivity index (χ1v) is 9.50. The third-order valence-electron chi connectivity index (χ3n) is 3.90. The van der Waals surface area contributed by atoms with Crippen molar-refractivity contribution in [3.63, 3.8) is 0 Å². The number of hydrogen-bond acceptors (Lipinski definition) is 4. The Morgan fingerprint density at radius 1 is 1.31 bits per heavy atom. The first-order valence-electron chi connectivity index (χ1n) is 7.86. The minimum Gasteiger partial charge on any atom is -0.332 e. The first-order chi connectivity index (χ1) is 12.5. The summed E-state index contributed by atoms with van der Waals surface area (Å²) in [6, 6.07) is 12.5. The molecule has 5 nitrogen and oxygen atoms in total. The van der Waals surface area contributed by atoms with Gasteiger partial charge in [-0.15, -0.1) is 18.3 Å². The molecule has 0 radical (unpaired) electrons. The zero-order valence-corrected chi connectivity index (χ0v) is 15.7. The number of allylic oxidation sites excluding steroid dienone is 1. The quantitative estimate of drug-likeness (QED) is 0.393. The van der Waals surface area contributed by atoms with Crippen molar-refractivity contribution < 1.29 is 4.79 Å². The van der Waals surface area contributed by atoms with Crippen molar-refractivity contribution in [3.05, 3.63) is 75.8 Å². The highest BCUT2D eigenvalue weighted by Crippen LogP contribution is 2.18. The summed E-state index contributed by atoms with van der Waals surface area (Å²) >= 11 is 6.86. The number of anilines is 1. The normalized spacial score (nSPS) is 10.7. The lowest BCUT2D eigenvalue weighted by Gasteiger charge is -2.09. The molecule has 0 atom stereocenters. The highest BCUT2D eigenvalue weighted by atomic mass is 32.2. The number of carbonyl (C=O) groups is 1. The molecule has 132 valence electrons. The minimum atomic E-state index is -0.251. The van der Waals surface area contributed by atoms with Crippen molar-refractivity contribution in [1.29, 1.82) is 0 Å². The van der Waals surface area contributed by atoms with Gasteiger partial charge in [0.15, 0.2) is 4.77 Å². The van der Waals surface area contributed by atoms with Crippen LogP contribution in [0.2, 0.25) is 0 Å². The Hall–Kier alpha value is -2.64. The van der Waals surface area contributed by atoms with Gasteiger partial charge < -0.3 is 10.3 Å². The zero-order chi connectivity index (χ0) is 18.7. The summed E-state index contributed by atoms with van der Waals surface area (Å²) in [6.45, 7) is 3.96. The molecule has 1 aromatic heterocycles. The largest absolute Gasteiger partial charge is 0.332 e. The second-order valence-electron chi connectivity index (χ2n) is 5.58. The molecule has 3 rings (SSSR count). The number of thioether (sulfide) groups is 1. The van der Waals surface area contributed by atoms with E-state index in [-0.39, 0.29) is 11.5 Å². The number of nitrogens with one attached hydrogen (secondary N) is 2. The SMILES string of the molecule is C=CCn1c(=S)[nH]c2cc(C(=O)Nc3ccc(SC)cc3)ccc2c1=O. The van der Waals surface area contributed by atoms with E-state index in [0.717, 1.165) is 4.90 Å². The topological polar surface area (TPSA) is 66.9 Å². The Bertz CT molecular complexity index is 1100. The lowest BCUT2D eigenvalue weighted by Crippen LogP contribution is -2.22. The van der Waals surface area contributed by atoms with Crippen LogP contribution < -0.4 is 10.9 Å². The van der Waals surface area contributed by atoms with Gasteiger partial charge >= 0.3 is 0 Å². The smallest absolute Gasteiger partial charge is 0.262 e. The van der Waals surface area contributed by atoms with Crippen LogP contribution in [0.15, 0.2) is 64.8 Å². The Morgan fingerprint density at radius 2 is 2.04 bits per heavy atom. The monoisotopic (exact) mass is 383 g/mol. The molecule has 0 fully saturated rings. The van der Waals surface area contributed by atoms with Gasteiger partial charge in [0.2, 0.25) is 0 Å². The molecule has 1 amide bonds. The zero-order valence-electron chi connectivity index (χ0n) is 14.1. The van der Waals surface area contributed by atoms with Crippen LogP contribution in [0.1, 0.15) is 10.4 Å². The van der Waals surface area contributed by atoms with E-state index < -0.39 is 0 Å². The molecule has 0 bridgehead atoms. The van der Waals surface area contributed by atoms with Crippen molar-refractivity contribution in [2.45, 2.75) is 11.4 Å². The summed E-state index contributed by atoms with van der Waals surface area (Å²) in [6.07, 6.45) is 3.61. The molecule has 0 aliphatic heterocycles. The maximum atomic E-state index is 12.5. The van der Waals surface area contributed by atoms with Crippen LogP contribution in [-0.4, -0.2) is 21.7 Å². The molecule has 0 saturated carbocycles. The summed E-state index contributed by atoms with van der Waals surface area (Å²) in [4.78, 5) is 29.1. The fraction of sp³-hybridized carbons (Fsp3) is 0.105. The van der Waals surface area contributed by atoms with Crippen molar-refractivity contribution in [2.24, 2.45) is 0 Å². The van der Waals surface area contributed by atoms with Crippen molar-refractivity contribution in [3.8, 4) is 0 Å². The Kier molecular flexibility index (Phi) is 5.39. The number of carbonyl (C=O) groups excluding carboxylic acids is 1. The molecule has 0 spiro atoms. The molecule has 2 aromatic carbocycles. The van der Waals surface area contributed by atoms with Gasteiger partial charge in [0, 0.05) is 22.7 Å². The molecule has 2 N–H and O–H groups in total. The second-order valence-corrected chi connectivity index (χ2v) is 6.84. The molecular formula is C19H17N3O2S2. The second kappa shape index (κ2) is 7.72. The van der Waals surface area contributed by atoms with E-state index in [1.54, 1.807) is 36.0 Å².